The van der Waals surface area contributed by atoms with E-state index in [9.17, 15) is 9.59 Å². The van der Waals surface area contributed by atoms with Crippen LogP contribution in [0.4, 0.5) is 0 Å². The van der Waals surface area contributed by atoms with E-state index >= 15 is 0 Å². The van der Waals surface area contributed by atoms with Crippen molar-refractivity contribution in [1.29, 1.82) is 0 Å². The second kappa shape index (κ2) is 13.8. The number of nitrogens with one attached hydrogen (secondary N) is 1. The van der Waals surface area contributed by atoms with Crippen LogP contribution in [-0.4, -0.2) is 42.2 Å². The van der Waals surface area contributed by atoms with E-state index in [-0.39, 0.29) is 24.1 Å². The van der Waals surface area contributed by atoms with E-state index in [0.29, 0.717) is 23.7 Å². The van der Waals surface area contributed by atoms with Crippen molar-refractivity contribution in [2.45, 2.75) is 31.7 Å². The van der Waals surface area contributed by atoms with Gasteiger partial charge >= 0.3 is 0 Å². The van der Waals surface area contributed by atoms with Gasteiger partial charge in [-0.2, -0.15) is 0 Å². The van der Waals surface area contributed by atoms with Gasteiger partial charge in [-0.3, -0.25) is 9.59 Å². The molecule has 3 rings (SSSR count). The molecule has 7 heteroatoms. The molecule has 1 N–H and O–H groups in total. The summed E-state index contributed by atoms with van der Waals surface area (Å²) < 4.78 is 5.21. The minimum atomic E-state index is -0.650. The fourth-order valence-corrected chi connectivity index (χ4v) is 4.78. The molecule has 0 fully saturated rings. The summed E-state index contributed by atoms with van der Waals surface area (Å²) >= 11 is 7.96. The minimum absolute atomic E-state index is 0.101. The normalized spacial score (nSPS) is 11.5. The maximum absolute atomic E-state index is 13.6. The number of thioether (sulfide) groups is 1. The number of hydrogen-bond acceptors (Lipinski definition) is 4. The Balaban J connectivity index is 1.81. The molecule has 35 heavy (non-hydrogen) atoms. The number of ether oxygens (including phenoxy) is 1. The molecule has 0 aliphatic heterocycles. The van der Waals surface area contributed by atoms with Crippen molar-refractivity contribution in [3.05, 3.63) is 101 Å². The van der Waals surface area contributed by atoms with Gasteiger partial charge in [0.2, 0.25) is 11.8 Å². The summed E-state index contributed by atoms with van der Waals surface area (Å²) in [6.07, 6.45) is 0.423. The number of carbonyl (C=O) groups excluding carboxylic acids is 2. The molecule has 1 atom stereocenters. The van der Waals surface area contributed by atoms with Crippen LogP contribution < -0.4 is 10.1 Å². The molecule has 0 aromatic heterocycles. The molecule has 0 aliphatic carbocycles. The van der Waals surface area contributed by atoms with Gasteiger partial charge in [-0.25, -0.2) is 0 Å². The Morgan fingerprint density at radius 1 is 0.971 bits per heavy atom. The predicted molar refractivity (Wildman–Crippen MR) is 144 cm³/mol. The highest BCUT2D eigenvalue weighted by molar-refractivity contribution is 7.99. The average molecular weight is 511 g/mol. The fraction of sp³-hybridized carbons (Fsp3) is 0.286. The maximum atomic E-state index is 13.6. The van der Waals surface area contributed by atoms with E-state index in [2.05, 4.69) is 5.32 Å². The van der Waals surface area contributed by atoms with Crippen molar-refractivity contribution < 1.29 is 14.3 Å². The molecule has 0 aliphatic rings. The van der Waals surface area contributed by atoms with Gasteiger partial charge in [-0.15, -0.1) is 11.8 Å². The van der Waals surface area contributed by atoms with E-state index in [0.717, 1.165) is 22.4 Å². The molecule has 0 bridgehead atoms. The van der Waals surface area contributed by atoms with Crippen LogP contribution in [0.5, 0.6) is 5.75 Å². The topological polar surface area (TPSA) is 58.6 Å². The first-order valence-corrected chi connectivity index (χ1v) is 13.1. The molecule has 184 valence electrons. The summed E-state index contributed by atoms with van der Waals surface area (Å²) in [6, 6.07) is 24.4. The Bertz CT molecular complexity index is 1090. The SMILES string of the molecule is CCNC(=O)[C@H](Cc1ccccc1)N(Cc1ccccc1Cl)C(=O)CSCc1ccc(OC)cc1. The zero-order chi connectivity index (χ0) is 25.0. The lowest BCUT2D eigenvalue weighted by Gasteiger charge is -2.31. The van der Waals surface area contributed by atoms with E-state index in [1.165, 1.54) is 11.8 Å². The van der Waals surface area contributed by atoms with Crippen molar-refractivity contribution in [1.82, 2.24) is 10.2 Å². The van der Waals surface area contributed by atoms with Gasteiger partial charge in [-0.05, 0) is 41.8 Å². The van der Waals surface area contributed by atoms with E-state index < -0.39 is 6.04 Å². The van der Waals surface area contributed by atoms with Crippen molar-refractivity contribution in [3.63, 3.8) is 0 Å². The highest BCUT2D eigenvalue weighted by Crippen LogP contribution is 2.22. The summed E-state index contributed by atoms with van der Waals surface area (Å²) in [7, 11) is 1.64. The smallest absolute Gasteiger partial charge is 0.243 e. The Labute approximate surface area is 216 Å². The highest BCUT2D eigenvalue weighted by atomic mass is 35.5. The second-order valence-electron chi connectivity index (χ2n) is 8.05. The van der Waals surface area contributed by atoms with Crippen LogP contribution in [0.25, 0.3) is 0 Å². The van der Waals surface area contributed by atoms with Gasteiger partial charge in [0.05, 0.1) is 12.9 Å². The van der Waals surface area contributed by atoms with Crippen LogP contribution in [0.15, 0.2) is 78.9 Å². The van der Waals surface area contributed by atoms with Gasteiger partial charge in [0.1, 0.15) is 11.8 Å². The molecule has 0 spiro atoms. The molecule has 3 aromatic rings. The third-order valence-corrected chi connectivity index (χ3v) is 6.93. The summed E-state index contributed by atoms with van der Waals surface area (Å²) in [5.74, 6) is 1.46. The van der Waals surface area contributed by atoms with Crippen LogP contribution in [0, 0.1) is 0 Å². The monoisotopic (exact) mass is 510 g/mol. The van der Waals surface area contributed by atoms with Crippen molar-refractivity contribution in [2.75, 3.05) is 19.4 Å². The second-order valence-corrected chi connectivity index (χ2v) is 9.45. The Morgan fingerprint density at radius 2 is 1.66 bits per heavy atom. The fourth-order valence-electron chi connectivity index (χ4n) is 3.72. The third-order valence-electron chi connectivity index (χ3n) is 5.57. The number of rotatable bonds is 12. The molecule has 3 aromatic carbocycles. The maximum Gasteiger partial charge on any atom is 0.243 e. The third kappa shape index (κ3) is 8.05. The molecule has 0 heterocycles. The molecule has 0 unspecified atom stereocenters. The summed E-state index contributed by atoms with van der Waals surface area (Å²) in [5, 5.41) is 3.48. The number of carbonyl (C=O) groups is 2. The number of likely N-dealkylation sites (N-methyl/N-ethyl adjacent to an activating group) is 1. The van der Waals surface area contributed by atoms with Crippen molar-refractivity contribution >= 4 is 35.2 Å². The largest absolute Gasteiger partial charge is 0.497 e. The standard InChI is InChI=1S/C28H31ClN2O3S/c1-3-30-28(33)26(17-21-9-5-4-6-10-21)31(18-23-11-7-8-12-25(23)29)27(32)20-35-19-22-13-15-24(34-2)16-14-22/h4-16,26H,3,17-20H2,1-2H3,(H,30,33)/t26-/m0/s1. The van der Waals surface area contributed by atoms with E-state index in [1.54, 1.807) is 18.1 Å². The number of methoxy groups -OCH3 is 1. The number of hydrogen-bond donors (Lipinski definition) is 1. The number of amides is 2. The van der Waals surface area contributed by atoms with Crippen LogP contribution in [0.1, 0.15) is 23.6 Å². The van der Waals surface area contributed by atoms with Gasteiger partial charge in [-0.1, -0.05) is 72.3 Å². The predicted octanol–water partition coefficient (Wildman–Crippen LogP) is 5.36. The molecular formula is C28H31ClN2O3S. The van der Waals surface area contributed by atoms with Crippen molar-refractivity contribution in [2.24, 2.45) is 0 Å². The van der Waals surface area contributed by atoms with Crippen molar-refractivity contribution in [3.8, 4) is 5.75 Å². The first-order chi connectivity index (χ1) is 17.0. The lowest BCUT2D eigenvalue weighted by Crippen LogP contribution is -2.51. The summed E-state index contributed by atoms with van der Waals surface area (Å²) in [4.78, 5) is 28.4. The Kier molecular flexibility index (Phi) is 10.5. The van der Waals surface area contributed by atoms with Crippen LogP contribution in [0.3, 0.4) is 0 Å². The van der Waals surface area contributed by atoms with Gasteiger partial charge < -0.3 is 15.0 Å². The molecule has 2 amide bonds. The molecule has 0 saturated carbocycles. The Hall–Kier alpha value is -2.96. The average Bonchev–Trinajstić information content (AvgIpc) is 2.88. The zero-order valence-electron chi connectivity index (χ0n) is 20.1. The minimum Gasteiger partial charge on any atom is -0.497 e. The van der Waals surface area contributed by atoms with E-state index in [4.69, 9.17) is 16.3 Å². The molecule has 0 radical (unpaired) electrons. The first kappa shape index (κ1) is 26.6. The highest BCUT2D eigenvalue weighted by Gasteiger charge is 2.30. The lowest BCUT2D eigenvalue weighted by atomic mass is 10.0. The summed E-state index contributed by atoms with van der Waals surface area (Å²) in [6.45, 7) is 2.63. The van der Waals surface area contributed by atoms with Gasteiger partial charge in [0.25, 0.3) is 0 Å². The molecule has 5 nitrogen and oxygen atoms in total. The van der Waals surface area contributed by atoms with Crippen LogP contribution in [-0.2, 0) is 28.3 Å². The summed E-state index contributed by atoms with van der Waals surface area (Å²) in [5.41, 5.74) is 2.91. The van der Waals surface area contributed by atoms with E-state index in [1.807, 2.05) is 79.7 Å². The zero-order valence-corrected chi connectivity index (χ0v) is 21.6. The lowest BCUT2D eigenvalue weighted by molar-refractivity contribution is -0.139. The first-order valence-electron chi connectivity index (χ1n) is 11.6. The van der Waals surface area contributed by atoms with Crippen LogP contribution >= 0.6 is 23.4 Å². The quantitative estimate of drug-likeness (QED) is 0.356. The van der Waals surface area contributed by atoms with Gasteiger partial charge in [0, 0.05) is 30.3 Å². The number of nitrogens with zero attached hydrogens (tertiary/aromatic N) is 1. The molecule has 0 saturated heterocycles. The van der Waals surface area contributed by atoms with Gasteiger partial charge in [0.15, 0.2) is 0 Å². The Morgan fingerprint density at radius 3 is 2.31 bits per heavy atom. The number of benzene rings is 3. The number of halogens is 1. The van der Waals surface area contributed by atoms with Crippen LogP contribution in [0.2, 0.25) is 5.02 Å². The molecular weight excluding hydrogens is 480 g/mol.